The fraction of sp³-hybridized carbons (Fsp3) is 0.111. The highest BCUT2D eigenvalue weighted by Gasteiger charge is 2.10. The maximum Gasteiger partial charge on any atom is 0.255 e. The van der Waals surface area contributed by atoms with Crippen molar-refractivity contribution in [2.24, 2.45) is 0 Å². The van der Waals surface area contributed by atoms with E-state index in [1.165, 1.54) is 11.8 Å². The summed E-state index contributed by atoms with van der Waals surface area (Å²) in [5, 5.41) is 5.07. The van der Waals surface area contributed by atoms with Gasteiger partial charge in [0, 0.05) is 21.7 Å². The molecule has 4 rings (SSSR count). The number of nitrogens with one attached hydrogen (secondary N) is 1. The van der Waals surface area contributed by atoms with Crippen LogP contribution < -0.4 is 10.1 Å². The van der Waals surface area contributed by atoms with Crippen molar-refractivity contribution in [3.05, 3.63) is 102 Å². The fourth-order valence-corrected chi connectivity index (χ4v) is 4.18. The molecule has 1 N–H and O–H groups in total. The van der Waals surface area contributed by atoms with Gasteiger partial charge in [-0.05, 0) is 72.3 Å². The SMILES string of the molecule is CCOc1ccc(C(=O)CSc2cccc(NC(=O)c3ccc4ccccc4c3)c2)cc1. The maximum absolute atomic E-state index is 12.7. The molecule has 0 radical (unpaired) electrons. The second-order valence-corrected chi connectivity index (χ2v) is 8.26. The van der Waals surface area contributed by atoms with Gasteiger partial charge < -0.3 is 10.1 Å². The van der Waals surface area contributed by atoms with Crippen LogP contribution in [0.15, 0.2) is 95.9 Å². The molecule has 0 aliphatic rings. The first-order valence-electron chi connectivity index (χ1n) is 10.4. The van der Waals surface area contributed by atoms with Gasteiger partial charge in [0.25, 0.3) is 5.91 Å². The Morgan fingerprint density at radius 2 is 1.56 bits per heavy atom. The standard InChI is InChI=1S/C27H23NO3S/c1-2-31-24-14-12-20(13-15-24)26(29)18-32-25-9-5-8-23(17-25)28-27(30)22-11-10-19-6-3-4-7-21(19)16-22/h3-17H,2,18H2,1H3,(H,28,30). The molecule has 0 aliphatic heterocycles. The first-order valence-corrected chi connectivity index (χ1v) is 11.4. The number of fused-ring (bicyclic) bond motifs is 1. The lowest BCUT2D eigenvalue weighted by molar-refractivity contribution is 0.101. The number of rotatable bonds is 8. The number of carbonyl (C=O) groups is 2. The van der Waals surface area contributed by atoms with E-state index in [0.717, 1.165) is 21.4 Å². The quantitative estimate of drug-likeness (QED) is 0.252. The van der Waals surface area contributed by atoms with Gasteiger partial charge in [0.15, 0.2) is 5.78 Å². The summed E-state index contributed by atoms with van der Waals surface area (Å²) < 4.78 is 5.42. The van der Waals surface area contributed by atoms with Crippen molar-refractivity contribution in [2.45, 2.75) is 11.8 Å². The third-order valence-electron chi connectivity index (χ3n) is 4.96. The van der Waals surface area contributed by atoms with Gasteiger partial charge in [0.05, 0.1) is 12.4 Å². The van der Waals surface area contributed by atoms with E-state index in [9.17, 15) is 9.59 Å². The average molecular weight is 442 g/mol. The van der Waals surface area contributed by atoms with Crippen molar-refractivity contribution in [3.8, 4) is 5.75 Å². The summed E-state index contributed by atoms with van der Waals surface area (Å²) in [6, 6.07) is 28.3. The van der Waals surface area contributed by atoms with E-state index >= 15 is 0 Å². The second-order valence-electron chi connectivity index (χ2n) is 7.21. The summed E-state index contributed by atoms with van der Waals surface area (Å²) >= 11 is 1.44. The average Bonchev–Trinajstić information content (AvgIpc) is 2.83. The Labute approximate surface area is 191 Å². The zero-order valence-corrected chi connectivity index (χ0v) is 18.5. The number of anilines is 1. The van der Waals surface area contributed by atoms with Crippen LogP contribution in [0.2, 0.25) is 0 Å². The highest BCUT2D eigenvalue weighted by molar-refractivity contribution is 8.00. The van der Waals surface area contributed by atoms with Crippen LogP contribution in [0.1, 0.15) is 27.6 Å². The molecule has 0 aromatic heterocycles. The Bertz CT molecular complexity index is 1250. The van der Waals surface area contributed by atoms with Crippen LogP contribution in [-0.2, 0) is 0 Å². The monoisotopic (exact) mass is 441 g/mol. The topological polar surface area (TPSA) is 55.4 Å². The zero-order valence-electron chi connectivity index (χ0n) is 17.7. The third-order valence-corrected chi connectivity index (χ3v) is 5.95. The van der Waals surface area contributed by atoms with Gasteiger partial charge in [-0.1, -0.05) is 36.4 Å². The highest BCUT2D eigenvalue weighted by Crippen LogP contribution is 2.24. The molecule has 0 spiro atoms. The minimum absolute atomic E-state index is 0.0450. The molecule has 0 saturated carbocycles. The van der Waals surface area contributed by atoms with E-state index in [0.29, 0.717) is 29.2 Å². The van der Waals surface area contributed by atoms with Crippen LogP contribution in [0.25, 0.3) is 10.8 Å². The van der Waals surface area contributed by atoms with Crippen molar-refractivity contribution >= 4 is 39.9 Å². The lowest BCUT2D eigenvalue weighted by Gasteiger charge is -2.09. The predicted molar refractivity (Wildman–Crippen MR) is 131 cm³/mol. The van der Waals surface area contributed by atoms with Crippen LogP contribution in [-0.4, -0.2) is 24.1 Å². The molecule has 160 valence electrons. The normalized spacial score (nSPS) is 10.7. The molecule has 4 aromatic rings. The zero-order chi connectivity index (χ0) is 22.3. The molecule has 4 nitrogen and oxygen atoms in total. The summed E-state index contributed by atoms with van der Waals surface area (Å²) in [6.45, 7) is 2.52. The number of thioether (sulfide) groups is 1. The Morgan fingerprint density at radius 1 is 0.812 bits per heavy atom. The summed E-state index contributed by atoms with van der Waals surface area (Å²) in [4.78, 5) is 26.1. The Morgan fingerprint density at radius 3 is 2.34 bits per heavy atom. The Kier molecular flexibility index (Phi) is 6.87. The van der Waals surface area contributed by atoms with Gasteiger partial charge in [-0.2, -0.15) is 0 Å². The van der Waals surface area contributed by atoms with E-state index in [1.54, 1.807) is 12.1 Å². The van der Waals surface area contributed by atoms with Crippen LogP contribution in [0.4, 0.5) is 5.69 Å². The molecule has 0 bridgehead atoms. The van der Waals surface area contributed by atoms with Crippen molar-refractivity contribution in [1.82, 2.24) is 0 Å². The Balaban J connectivity index is 1.38. The lowest BCUT2D eigenvalue weighted by atomic mass is 10.1. The third kappa shape index (κ3) is 5.37. The van der Waals surface area contributed by atoms with Gasteiger partial charge >= 0.3 is 0 Å². The van der Waals surface area contributed by atoms with Gasteiger partial charge in [-0.25, -0.2) is 0 Å². The van der Waals surface area contributed by atoms with Crippen molar-refractivity contribution in [1.29, 1.82) is 0 Å². The molecule has 32 heavy (non-hydrogen) atoms. The number of Topliss-reactive ketones (excluding diaryl/α,β-unsaturated/α-hetero) is 1. The lowest BCUT2D eigenvalue weighted by Crippen LogP contribution is -2.11. The van der Waals surface area contributed by atoms with Crippen LogP contribution in [0.3, 0.4) is 0 Å². The summed E-state index contributed by atoms with van der Waals surface area (Å²) in [5.41, 5.74) is 1.95. The van der Waals surface area contributed by atoms with E-state index in [4.69, 9.17) is 4.74 Å². The number of ketones is 1. The van der Waals surface area contributed by atoms with Crippen molar-refractivity contribution < 1.29 is 14.3 Å². The summed E-state index contributed by atoms with van der Waals surface area (Å²) in [6.07, 6.45) is 0. The highest BCUT2D eigenvalue weighted by atomic mass is 32.2. The molecule has 1 amide bonds. The van der Waals surface area contributed by atoms with E-state index in [-0.39, 0.29) is 11.7 Å². The van der Waals surface area contributed by atoms with Gasteiger partial charge in [-0.15, -0.1) is 11.8 Å². The predicted octanol–water partition coefficient (Wildman–Crippen LogP) is 6.47. The van der Waals surface area contributed by atoms with E-state index < -0.39 is 0 Å². The number of hydrogen-bond donors (Lipinski definition) is 1. The molecule has 0 atom stereocenters. The van der Waals surface area contributed by atoms with Crippen LogP contribution in [0.5, 0.6) is 5.75 Å². The largest absolute Gasteiger partial charge is 0.494 e. The molecule has 0 saturated heterocycles. The minimum atomic E-state index is -0.164. The first-order chi connectivity index (χ1) is 15.6. The molecule has 0 heterocycles. The molecule has 0 aliphatic carbocycles. The van der Waals surface area contributed by atoms with E-state index in [1.807, 2.05) is 85.8 Å². The first kappa shape index (κ1) is 21.7. The summed E-state index contributed by atoms with van der Waals surface area (Å²) in [7, 11) is 0. The second kappa shape index (κ2) is 10.2. The van der Waals surface area contributed by atoms with Crippen LogP contribution in [0, 0.1) is 0 Å². The van der Waals surface area contributed by atoms with Gasteiger partial charge in [-0.3, -0.25) is 9.59 Å². The van der Waals surface area contributed by atoms with Gasteiger partial charge in [0.1, 0.15) is 5.75 Å². The molecule has 5 heteroatoms. The van der Waals surface area contributed by atoms with Crippen LogP contribution >= 0.6 is 11.8 Å². The molecule has 0 fully saturated rings. The van der Waals surface area contributed by atoms with E-state index in [2.05, 4.69) is 5.32 Å². The summed E-state index contributed by atoms with van der Waals surface area (Å²) in [5.74, 6) is 0.953. The molecule has 0 unspecified atom stereocenters. The number of hydrogen-bond acceptors (Lipinski definition) is 4. The van der Waals surface area contributed by atoms with Gasteiger partial charge in [0.2, 0.25) is 0 Å². The van der Waals surface area contributed by atoms with Crippen molar-refractivity contribution in [3.63, 3.8) is 0 Å². The maximum atomic E-state index is 12.7. The number of amides is 1. The smallest absolute Gasteiger partial charge is 0.255 e. The number of benzene rings is 4. The minimum Gasteiger partial charge on any atom is -0.494 e. The van der Waals surface area contributed by atoms with Crippen molar-refractivity contribution in [2.75, 3.05) is 17.7 Å². The number of carbonyl (C=O) groups excluding carboxylic acids is 2. The number of ether oxygens (including phenoxy) is 1. The molecule has 4 aromatic carbocycles. The molecular formula is C27H23NO3S. The fourth-order valence-electron chi connectivity index (χ4n) is 3.33. The Hall–Kier alpha value is -3.57. The molecular weight excluding hydrogens is 418 g/mol.